The van der Waals surface area contributed by atoms with Gasteiger partial charge in [0.05, 0.1) is 11.9 Å². The van der Waals surface area contributed by atoms with Crippen molar-refractivity contribution >= 4 is 27.5 Å². The highest BCUT2D eigenvalue weighted by atomic mass is 32.2. The number of rotatable bonds is 9. The molecule has 9 nitrogen and oxygen atoms in total. The number of nitrogens with one attached hydrogen (secondary N) is 1. The van der Waals surface area contributed by atoms with Crippen molar-refractivity contribution in [3.8, 4) is 11.5 Å². The Morgan fingerprint density at radius 3 is 2.41 bits per heavy atom. The molecule has 1 N–H and O–H groups in total. The summed E-state index contributed by atoms with van der Waals surface area (Å²) in [4.78, 5) is 28.4. The predicted octanol–water partition coefficient (Wildman–Crippen LogP) is 3.01. The molecular formula is C27H35N3O6S. The number of carbonyl (C=O) groups is 2. The minimum Gasteiger partial charge on any atom is -0.486 e. The Balaban J connectivity index is 1.61. The van der Waals surface area contributed by atoms with E-state index in [2.05, 4.69) is 5.32 Å². The molecule has 0 saturated heterocycles. The number of hydrogen-bond donors (Lipinski definition) is 1. The number of anilines is 1. The average molecular weight is 530 g/mol. The van der Waals surface area contributed by atoms with E-state index >= 15 is 0 Å². The fraction of sp³-hybridized carbons (Fsp3) is 0.481. The van der Waals surface area contributed by atoms with Crippen molar-refractivity contribution in [2.75, 3.05) is 30.3 Å². The number of nitrogens with zero attached hydrogens (tertiary/aromatic N) is 2. The lowest BCUT2D eigenvalue weighted by atomic mass is 10.1. The van der Waals surface area contributed by atoms with E-state index in [-0.39, 0.29) is 18.5 Å². The number of carbonyl (C=O) groups excluding carboxylic acids is 2. The standard InChI is InChI=1S/C27H35N3O6S/c1-19-8-4-5-9-21(19)17-29(20(2)27(32)28-22-10-6-7-11-22)26(31)18-30(37(3,33)34)23-12-13-24-25(16-23)36-15-14-35-24/h4-5,8-9,12-13,16,20,22H,6-7,10-11,14-15,17-18H2,1-3H3,(H,28,32)/t20-/m1/s1. The van der Waals surface area contributed by atoms with E-state index in [0.717, 1.165) is 47.4 Å². The van der Waals surface area contributed by atoms with Gasteiger partial charge in [-0.25, -0.2) is 8.42 Å². The van der Waals surface area contributed by atoms with E-state index in [9.17, 15) is 18.0 Å². The summed E-state index contributed by atoms with van der Waals surface area (Å²) < 4.78 is 37.8. The van der Waals surface area contributed by atoms with Crippen LogP contribution < -0.4 is 19.1 Å². The summed E-state index contributed by atoms with van der Waals surface area (Å²) in [6.45, 7) is 4.13. The minimum absolute atomic E-state index is 0.107. The molecule has 2 aliphatic rings. The molecule has 2 aromatic carbocycles. The van der Waals surface area contributed by atoms with Crippen LogP contribution in [0.5, 0.6) is 11.5 Å². The molecule has 1 aliphatic heterocycles. The van der Waals surface area contributed by atoms with E-state index in [4.69, 9.17) is 9.47 Å². The molecule has 0 spiro atoms. The highest BCUT2D eigenvalue weighted by Gasteiger charge is 2.32. The quantitative estimate of drug-likeness (QED) is 0.536. The highest BCUT2D eigenvalue weighted by Crippen LogP contribution is 2.34. The maximum Gasteiger partial charge on any atom is 0.244 e. The third-order valence-electron chi connectivity index (χ3n) is 6.96. The smallest absolute Gasteiger partial charge is 0.244 e. The number of ether oxygens (including phenoxy) is 2. The second kappa shape index (κ2) is 11.4. The molecule has 200 valence electrons. The molecule has 0 radical (unpaired) electrons. The second-order valence-electron chi connectivity index (χ2n) is 9.71. The first-order chi connectivity index (χ1) is 17.6. The van der Waals surface area contributed by atoms with Crippen LogP contribution in [0.15, 0.2) is 42.5 Å². The third-order valence-corrected chi connectivity index (χ3v) is 8.10. The fourth-order valence-electron chi connectivity index (χ4n) is 4.75. The zero-order chi connectivity index (χ0) is 26.6. The van der Waals surface area contributed by atoms with Crippen LogP contribution in [0.3, 0.4) is 0 Å². The van der Waals surface area contributed by atoms with Crippen molar-refractivity contribution in [1.29, 1.82) is 0 Å². The molecule has 0 bridgehead atoms. The SMILES string of the molecule is Cc1ccccc1CN(C(=O)CN(c1ccc2c(c1)OCCO2)S(C)(=O)=O)[C@H](C)C(=O)NC1CCCC1. The van der Waals surface area contributed by atoms with Crippen LogP contribution in [-0.2, 0) is 26.2 Å². The Hall–Kier alpha value is -3.27. The van der Waals surface area contributed by atoms with Crippen LogP contribution in [0.2, 0.25) is 0 Å². The molecule has 1 heterocycles. The topological polar surface area (TPSA) is 105 Å². The summed E-state index contributed by atoms with van der Waals surface area (Å²) in [5.41, 5.74) is 2.16. The maximum absolute atomic E-state index is 13.7. The van der Waals surface area contributed by atoms with Crippen LogP contribution in [0.4, 0.5) is 5.69 Å². The Kier molecular flexibility index (Phi) is 8.26. The van der Waals surface area contributed by atoms with Gasteiger partial charge in [-0.2, -0.15) is 0 Å². The van der Waals surface area contributed by atoms with Crippen molar-refractivity contribution in [3.63, 3.8) is 0 Å². The summed E-state index contributed by atoms with van der Waals surface area (Å²) in [5.74, 6) is 0.232. The van der Waals surface area contributed by atoms with Gasteiger partial charge < -0.3 is 19.7 Å². The lowest BCUT2D eigenvalue weighted by Crippen LogP contribution is -2.52. The summed E-state index contributed by atoms with van der Waals surface area (Å²) >= 11 is 0. The van der Waals surface area contributed by atoms with Crippen LogP contribution >= 0.6 is 0 Å². The molecule has 0 aromatic heterocycles. The molecule has 1 saturated carbocycles. The number of amides is 2. The van der Waals surface area contributed by atoms with Crippen LogP contribution in [0, 0.1) is 6.92 Å². The fourth-order valence-corrected chi connectivity index (χ4v) is 5.59. The minimum atomic E-state index is -3.83. The van der Waals surface area contributed by atoms with Gasteiger partial charge in [-0.05, 0) is 49.9 Å². The highest BCUT2D eigenvalue weighted by molar-refractivity contribution is 7.92. The van der Waals surface area contributed by atoms with Gasteiger partial charge in [-0.3, -0.25) is 13.9 Å². The van der Waals surface area contributed by atoms with Crippen LogP contribution in [-0.4, -0.2) is 63.2 Å². The van der Waals surface area contributed by atoms with E-state index in [1.54, 1.807) is 25.1 Å². The Morgan fingerprint density at radius 1 is 1.05 bits per heavy atom. The molecular weight excluding hydrogens is 494 g/mol. The monoisotopic (exact) mass is 529 g/mol. The van der Waals surface area contributed by atoms with Gasteiger partial charge in [0.15, 0.2) is 11.5 Å². The van der Waals surface area contributed by atoms with Gasteiger partial charge in [-0.1, -0.05) is 37.1 Å². The van der Waals surface area contributed by atoms with Crippen molar-refractivity contribution in [3.05, 3.63) is 53.6 Å². The van der Waals surface area contributed by atoms with E-state index in [1.807, 2.05) is 31.2 Å². The first-order valence-electron chi connectivity index (χ1n) is 12.6. The van der Waals surface area contributed by atoms with E-state index in [0.29, 0.717) is 30.4 Å². The lowest BCUT2D eigenvalue weighted by molar-refractivity contribution is -0.139. The van der Waals surface area contributed by atoms with Gasteiger partial charge in [0.1, 0.15) is 25.8 Å². The first-order valence-corrected chi connectivity index (χ1v) is 14.5. The largest absolute Gasteiger partial charge is 0.486 e. The molecule has 2 aromatic rings. The molecule has 4 rings (SSSR count). The van der Waals surface area contributed by atoms with Crippen molar-refractivity contribution < 1.29 is 27.5 Å². The third kappa shape index (κ3) is 6.54. The molecule has 37 heavy (non-hydrogen) atoms. The number of sulfonamides is 1. The zero-order valence-electron chi connectivity index (χ0n) is 21.6. The maximum atomic E-state index is 13.7. The Morgan fingerprint density at radius 2 is 1.73 bits per heavy atom. The normalized spacial score (nSPS) is 16.2. The molecule has 2 amide bonds. The van der Waals surface area contributed by atoms with Crippen LogP contribution in [0.25, 0.3) is 0 Å². The van der Waals surface area contributed by atoms with E-state index < -0.39 is 28.5 Å². The lowest BCUT2D eigenvalue weighted by Gasteiger charge is -2.32. The van der Waals surface area contributed by atoms with Crippen molar-refractivity contribution in [2.45, 2.75) is 58.2 Å². The van der Waals surface area contributed by atoms with Gasteiger partial charge in [0, 0.05) is 18.7 Å². The predicted molar refractivity (Wildman–Crippen MR) is 141 cm³/mol. The zero-order valence-corrected chi connectivity index (χ0v) is 22.4. The Bertz CT molecular complexity index is 1240. The number of fused-ring (bicyclic) bond motifs is 1. The molecule has 0 unspecified atom stereocenters. The van der Waals surface area contributed by atoms with E-state index in [1.165, 1.54) is 4.90 Å². The Labute approximate surface area is 218 Å². The summed E-state index contributed by atoms with van der Waals surface area (Å²) in [6, 6.07) is 11.8. The van der Waals surface area contributed by atoms with Gasteiger partial charge >= 0.3 is 0 Å². The molecule has 1 atom stereocenters. The first kappa shape index (κ1) is 26.8. The van der Waals surface area contributed by atoms with Gasteiger partial charge in [0.25, 0.3) is 0 Å². The molecule has 10 heteroatoms. The summed E-state index contributed by atoms with van der Waals surface area (Å²) in [6.07, 6.45) is 5.05. The average Bonchev–Trinajstić information content (AvgIpc) is 3.38. The molecule has 1 fully saturated rings. The van der Waals surface area contributed by atoms with Crippen LogP contribution in [0.1, 0.15) is 43.7 Å². The number of benzene rings is 2. The van der Waals surface area contributed by atoms with Gasteiger partial charge in [0.2, 0.25) is 21.8 Å². The number of aryl methyl sites for hydroxylation is 1. The summed E-state index contributed by atoms with van der Waals surface area (Å²) in [7, 11) is -3.83. The second-order valence-corrected chi connectivity index (χ2v) is 11.6. The molecule has 1 aliphatic carbocycles. The number of hydrogen-bond acceptors (Lipinski definition) is 6. The van der Waals surface area contributed by atoms with Gasteiger partial charge in [-0.15, -0.1) is 0 Å². The van der Waals surface area contributed by atoms with Crippen molar-refractivity contribution in [2.24, 2.45) is 0 Å². The summed E-state index contributed by atoms with van der Waals surface area (Å²) in [5, 5.41) is 3.07. The van der Waals surface area contributed by atoms with Crippen molar-refractivity contribution in [1.82, 2.24) is 10.2 Å².